The predicted molar refractivity (Wildman–Crippen MR) is 43.4 cm³/mol. The van der Waals surface area contributed by atoms with Crippen LogP contribution in [0, 0.1) is 11.3 Å². The summed E-state index contributed by atoms with van der Waals surface area (Å²) in [6, 6.07) is 0. The quantitative estimate of drug-likeness (QED) is 0.680. The number of nitrogens with one attached hydrogen (secondary N) is 1. The van der Waals surface area contributed by atoms with Gasteiger partial charge in [0.05, 0.1) is 0 Å². The zero-order valence-corrected chi connectivity index (χ0v) is 7.11. The zero-order valence-electron chi connectivity index (χ0n) is 7.11. The predicted octanol–water partition coefficient (Wildman–Crippen LogP) is 1.26. The zero-order chi connectivity index (χ0) is 8.60. The van der Waals surface area contributed by atoms with Gasteiger partial charge in [-0.05, 0) is 24.7 Å². The van der Waals surface area contributed by atoms with Gasteiger partial charge in [0.2, 0.25) is 5.91 Å². The van der Waals surface area contributed by atoms with Crippen LogP contribution in [0.15, 0.2) is 0 Å². The van der Waals surface area contributed by atoms with Crippen molar-refractivity contribution in [2.75, 3.05) is 13.2 Å². The summed E-state index contributed by atoms with van der Waals surface area (Å²) < 4.78 is 11.7. The van der Waals surface area contributed by atoms with Crippen molar-refractivity contribution in [1.82, 2.24) is 5.32 Å². The molecule has 0 bridgehead atoms. The number of carbonyl (C=O) groups excluding carboxylic acids is 1. The van der Waals surface area contributed by atoms with Gasteiger partial charge in [-0.15, -0.1) is 0 Å². The Bertz CT molecular complexity index is 201. The van der Waals surface area contributed by atoms with Crippen molar-refractivity contribution in [3.05, 3.63) is 0 Å². The molecule has 1 unspecified atom stereocenters. The molecule has 2 nitrogen and oxygen atoms in total. The van der Waals surface area contributed by atoms with Gasteiger partial charge in [-0.3, -0.25) is 4.79 Å². The third-order valence-corrected chi connectivity index (χ3v) is 3.25. The standard InChI is InChI=1S/C9H14FNO/c10-4-5-11-8(12)7-6-9(7)2-1-3-9/h7H,1-6H2,(H,11,12). The fraction of sp³-hybridized carbons (Fsp3) is 0.889. The van der Waals surface area contributed by atoms with Crippen LogP contribution in [0.5, 0.6) is 0 Å². The molecule has 2 rings (SSSR count). The molecule has 0 heterocycles. The van der Waals surface area contributed by atoms with Gasteiger partial charge in [0.25, 0.3) is 0 Å². The number of carbonyl (C=O) groups is 1. The maximum Gasteiger partial charge on any atom is 0.223 e. The number of hydrogen-bond donors (Lipinski definition) is 1. The van der Waals surface area contributed by atoms with Crippen LogP contribution in [0.1, 0.15) is 25.7 Å². The molecule has 1 spiro atoms. The fourth-order valence-electron chi connectivity index (χ4n) is 2.20. The summed E-state index contributed by atoms with van der Waals surface area (Å²) in [6.45, 7) is -0.267. The third-order valence-electron chi connectivity index (χ3n) is 3.25. The summed E-state index contributed by atoms with van der Waals surface area (Å²) >= 11 is 0. The molecule has 2 aliphatic rings. The third kappa shape index (κ3) is 1.11. The SMILES string of the molecule is O=C(NCCF)C1CC12CCC2. The number of hydrogen-bond acceptors (Lipinski definition) is 1. The van der Waals surface area contributed by atoms with E-state index < -0.39 is 6.67 Å². The van der Waals surface area contributed by atoms with Gasteiger partial charge in [0.15, 0.2) is 0 Å². The second kappa shape index (κ2) is 2.71. The Morgan fingerprint density at radius 2 is 2.33 bits per heavy atom. The molecule has 1 amide bonds. The van der Waals surface area contributed by atoms with Crippen molar-refractivity contribution in [2.24, 2.45) is 11.3 Å². The minimum Gasteiger partial charge on any atom is -0.353 e. The van der Waals surface area contributed by atoms with Gasteiger partial charge >= 0.3 is 0 Å². The Hall–Kier alpha value is -0.600. The lowest BCUT2D eigenvalue weighted by Crippen LogP contribution is -2.30. The van der Waals surface area contributed by atoms with Crippen LogP contribution in [0.3, 0.4) is 0 Å². The highest BCUT2D eigenvalue weighted by atomic mass is 19.1. The molecular formula is C9H14FNO. The molecule has 68 valence electrons. The van der Waals surface area contributed by atoms with Crippen LogP contribution in [-0.4, -0.2) is 19.1 Å². The number of halogens is 1. The van der Waals surface area contributed by atoms with Gasteiger partial charge in [-0.25, -0.2) is 4.39 Å². The van der Waals surface area contributed by atoms with E-state index in [1.165, 1.54) is 19.3 Å². The largest absolute Gasteiger partial charge is 0.353 e. The molecule has 0 saturated heterocycles. The summed E-state index contributed by atoms with van der Waals surface area (Å²) in [5.74, 6) is 0.296. The summed E-state index contributed by atoms with van der Waals surface area (Å²) in [5.41, 5.74) is 0.375. The lowest BCUT2D eigenvalue weighted by atomic mass is 9.80. The number of alkyl halides is 1. The molecule has 2 aliphatic carbocycles. The number of amides is 1. The van der Waals surface area contributed by atoms with Crippen LogP contribution in [0.25, 0.3) is 0 Å². The Morgan fingerprint density at radius 3 is 2.75 bits per heavy atom. The molecule has 2 fully saturated rings. The van der Waals surface area contributed by atoms with E-state index in [4.69, 9.17) is 0 Å². The first kappa shape index (κ1) is 8.02. The molecule has 12 heavy (non-hydrogen) atoms. The molecule has 0 radical (unpaired) electrons. The van der Waals surface area contributed by atoms with Crippen molar-refractivity contribution in [3.63, 3.8) is 0 Å². The van der Waals surface area contributed by atoms with E-state index in [0.29, 0.717) is 5.41 Å². The Labute approximate surface area is 71.5 Å². The van der Waals surface area contributed by atoms with Crippen LogP contribution in [0.4, 0.5) is 4.39 Å². The maximum atomic E-state index is 11.7. The van der Waals surface area contributed by atoms with E-state index in [0.717, 1.165) is 6.42 Å². The van der Waals surface area contributed by atoms with Crippen LogP contribution >= 0.6 is 0 Å². The first-order valence-corrected chi connectivity index (χ1v) is 4.62. The average molecular weight is 171 g/mol. The fourth-order valence-corrected chi connectivity index (χ4v) is 2.20. The number of rotatable bonds is 3. The molecule has 1 atom stereocenters. The smallest absolute Gasteiger partial charge is 0.223 e. The lowest BCUT2D eigenvalue weighted by molar-refractivity contribution is -0.123. The van der Waals surface area contributed by atoms with Gasteiger partial charge < -0.3 is 5.32 Å². The van der Waals surface area contributed by atoms with Crippen molar-refractivity contribution < 1.29 is 9.18 Å². The summed E-state index contributed by atoms with van der Waals surface area (Å²) in [4.78, 5) is 11.3. The minimum atomic E-state index is -0.453. The Kier molecular flexibility index (Phi) is 1.81. The summed E-state index contributed by atoms with van der Waals surface area (Å²) in [5, 5.41) is 2.60. The molecule has 3 heteroatoms. The molecule has 0 aliphatic heterocycles. The molecule has 0 aromatic carbocycles. The molecule has 2 saturated carbocycles. The van der Waals surface area contributed by atoms with Crippen LogP contribution < -0.4 is 5.32 Å². The Morgan fingerprint density at radius 1 is 1.58 bits per heavy atom. The molecular weight excluding hydrogens is 157 g/mol. The first-order valence-electron chi connectivity index (χ1n) is 4.62. The van der Waals surface area contributed by atoms with E-state index in [-0.39, 0.29) is 18.4 Å². The van der Waals surface area contributed by atoms with E-state index >= 15 is 0 Å². The lowest BCUT2D eigenvalue weighted by Gasteiger charge is -2.26. The van der Waals surface area contributed by atoms with Crippen molar-refractivity contribution in [2.45, 2.75) is 25.7 Å². The van der Waals surface area contributed by atoms with E-state index in [1.807, 2.05) is 0 Å². The highest BCUT2D eigenvalue weighted by Gasteiger charge is 2.60. The van der Waals surface area contributed by atoms with E-state index in [1.54, 1.807) is 0 Å². The van der Waals surface area contributed by atoms with Crippen molar-refractivity contribution in [1.29, 1.82) is 0 Å². The average Bonchev–Trinajstić information content (AvgIpc) is 2.73. The summed E-state index contributed by atoms with van der Waals surface area (Å²) in [7, 11) is 0. The van der Waals surface area contributed by atoms with E-state index in [9.17, 15) is 9.18 Å². The van der Waals surface area contributed by atoms with Crippen molar-refractivity contribution >= 4 is 5.91 Å². The first-order chi connectivity index (χ1) is 5.78. The van der Waals surface area contributed by atoms with Crippen LogP contribution in [0.2, 0.25) is 0 Å². The summed E-state index contributed by atoms with van der Waals surface area (Å²) in [6.07, 6.45) is 4.74. The maximum absolute atomic E-state index is 11.7. The normalized spacial score (nSPS) is 29.6. The molecule has 0 aromatic rings. The Balaban J connectivity index is 1.76. The molecule has 0 aromatic heterocycles. The second-order valence-corrected chi connectivity index (χ2v) is 3.95. The second-order valence-electron chi connectivity index (χ2n) is 3.95. The molecule has 1 N–H and O–H groups in total. The monoisotopic (exact) mass is 171 g/mol. The van der Waals surface area contributed by atoms with Crippen LogP contribution in [-0.2, 0) is 4.79 Å². The van der Waals surface area contributed by atoms with Crippen molar-refractivity contribution in [3.8, 4) is 0 Å². The van der Waals surface area contributed by atoms with Gasteiger partial charge in [0.1, 0.15) is 6.67 Å². The topological polar surface area (TPSA) is 29.1 Å². The van der Waals surface area contributed by atoms with E-state index in [2.05, 4.69) is 5.32 Å². The highest BCUT2D eigenvalue weighted by molar-refractivity contribution is 5.82. The van der Waals surface area contributed by atoms with Gasteiger partial charge in [-0.2, -0.15) is 0 Å². The van der Waals surface area contributed by atoms with Gasteiger partial charge in [-0.1, -0.05) is 6.42 Å². The minimum absolute atomic E-state index is 0.0763. The van der Waals surface area contributed by atoms with Gasteiger partial charge in [0, 0.05) is 12.5 Å². The highest BCUT2D eigenvalue weighted by Crippen LogP contribution is 2.65.